The van der Waals surface area contributed by atoms with E-state index in [9.17, 15) is 9.59 Å². The molecule has 2 N–H and O–H groups in total. The third kappa shape index (κ3) is 4.24. The van der Waals surface area contributed by atoms with E-state index in [1.807, 2.05) is 38.1 Å². The van der Waals surface area contributed by atoms with E-state index in [0.717, 1.165) is 23.4 Å². The number of H-pyrrole nitrogens is 1. The number of nitrogens with zero attached hydrogens (tertiary/aromatic N) is 1. The lowest BCUT2D eigenvalue weighted by Gasteiger charge is -2.07. The minimum absolute atomic E-state index is 0.0628. The lowest BCUT2D eigenvalue weighted by atomic mass is 10.1. The minimum Gasteiger partial charge on any atom is -0.356 e. The van der Waals surface area contributed by atoms with Gasteiger partial charge in [-0.3, -0.25) is 9.36 Å². The van der Waals surface area contributed by atoms with E-state index in [4.69, 9.17) is 11.6 Å². The van der Waals surface area contributed by atoms with Crippen molar-refractivity contribution in [2.24, 2.45) is 0 Å². The molecular weight excluding hydrogens is 302 g/mol. The highest BCUT2D eigenvalue weighted by atomic mass is 35.5. The van der Waals surface area contributed by atoms with Crippen LogP contribution in [0.4, 0.5) is 0 Å². The zero-order valence-corrected chi connectivity index (χ0v) is 13.5. The second-order valence-corrected chi connectivity index (χ2v) is 5.71. The molecule has 0 saturated carbocycles. The molecule has 1 heterocycles. The van der Waals surface area contributed by atoms with Crippen LogP contribution in [0.25, 0.3) is 0 Å². The van der Waals surface area contributed by atoms with Gasteiger partial charge in [0.1, 0.15) is 0 Å². The van der Waals surface area contributed by atoms with E-state index >= 15 is 0 Å². The molecular formula is C16H20ClN3O2. The monoisotopic (exact) mass is 321 g/mol. The Bertz CT molecular complexity index is 718. The summed E-state index contributed by atoms with van der Waals surface area (Å²) in [6.45, 7) is 4.65. The van der Waals surface area contributed by atoms with Crippen LogP contribution in [0.1, 0.15) is 23.4 Å². The van der Waals surface area contributed by atoms with E-state index in [1.165, 1.54) is 0 Å². The van der Waals surface area contributed by atoms with Gasteiger partial charge in [0, 0.05) is 35.9 Å². The average molecular weight is 322 g/mol. The third-order valence-corrected chi connectivity index (χ3v) is 3.91. The molecule has 0 atom stereocenters. The summed E-state index contributed by atoms with van der Waals surface area (Å²) in [6, 6.07) is 7.58. The molecule has 0 aliphatic heterocycles. The number of rotatable bonds is 6. The Kier molecular flexibility index (Phi) is 5.44. The largest absolute Gasteiger partial charge is 0.356 e. The number of carbonyl (C=O) groups is 1. The number of hydrogen-bond donors (Lipinski definition) is 2. The fourth-order valence-corrected chi connectivity index (χ4v) is 2.50. The van der Waals surface area contributed by atoms with Crippen molar-refractivity contribution < 1.29 is 4.79 Å². The number of hydrogen-bond acceptors (Lipinski definition) is 2. The summed E-state index contributed by atoms with van der Waals surface area (Å²) in [6.07, 6.45) is 1.02. The molecule has 2 aromatic rings. The molecule has 1 aromatic carbocycles. The zero-order chi connectivity index (χ0) is 16.1. The molecule has 0 fully saturated rings. The Balaban J connectivity index is 1.78. The number of halogens is 1. The summed E-state index contributed by atoms with van der Waals surface area (Å²) in [5.74, 6) is -0.0628. The van der Waals surface area contributed by atoms with Gasteiger partial charge in [0.25, 0.3) is 0 Å². The Morgan fingerprint density at radius 2 is 2.14 bits per heavy atom. The predicted molar refractivity (Wildman–Crippen MR) is 87.3 cm³/mol. The number of aromatic amines is 1. The normalized spacial score (nSPS) is 10.7. The number of amides is 1. The first-order chi connectivity index (χ1) is 10.5. The van der Waals surface area contributed by atoms with E-state index < -0.39 is 0 Å². The molecule has 0 bridgehead atoms. The first-order valence-corrected chi connectivity index (χ1v) is 7.62. The number of carbonyl (C=O) groups excluding carboxylic acids is 1. The fourth-order valence-electron chi connectivity index (χ4n) is 2.28. The SMILES string of the molecule is Cc1[nH]c(=O)n(CCC(=O)NCCc2cccc(Cl)c2)c1C. The second-order valence-electron chi connectivity index (χ2n) is 5.27. The van der Waals surface area contributed by atoms with Crippen LogP contribution in [0, 0.1) is 13.8 Å². The molecule has 0 spiro atoms. The molecule has 0 radical (unpaired) electrons. The maximum Gasteiger partial charge on any atom is 0.325 e. The maximum absolute atomic E-state index is 11.8. The lowest BCUT2D eigenvalue weighted by molar-refractivity contribution is -0.121. The molecule has 1 aromatic heterocycles. The summed E-state index contributed by atoms with van der Waals surface area (Å²) >= 11 is 5.91. The highest BCUT2D eigenvalue weighted by Gasteiger charge is 2.08. The average Bonchev–Trinajstić information content (AvgIpc) is 2.70. The van der Waals surface area contributed by atoms with Crippen LogP contribution in [0.15, 0.2) is 29.1 Å². The van der Waals surface area contributed by atoms with Gasteiger partial charge in [-0.05, 0) is 38.0 Å². The maximum atomic E-state index is 11.8. The van der Waals surface area contributed by atoms with E-state index in [-0.39, 0.29) is 18.0 Å². The first-order valence-electron chi connectivity index (χ1n) is 7.24. The number of aryl methyl sites for hydroxylation is 1. The Morgan fingerprint density at radius 3 is 2.77 bits per heavy atom. The molecule has 5 nitrogen and oxygen atoms in total. The molecule has 22 heavy (non-hydrogen) atoms. The van der Waals surface area contributed by atoms with E-state index in [2.05, 4.69) is 10.3 Å². The third-order valence-electron chi connectivity index (χ3n) is 3.67. The van der Waals surface area contributed by atoms with Crippen molar-refractivity contribution in [1.29, 1.82) is 0 Å². The van der Waals surface area contributed by atoms with Crippen molar-refractivity contribution in [2.45, 2.75) is 33.2 Å². The standard InChI is InChI=1S/C16H20ClN3O2/c1-11-12(2)20(16(22)19-11)9-7-15(21)18-8-6-13-4-3-5-14(17)10-13/h3-5,10H,6-9H2,1-2H3,(H,18,21)(H,19,22). The number of nitrogens with one attached hydrogen (secondary N) is 2. The van der Waals surface area contributed by atoms with Crippen molar-refractivity contribution in [1.82, 2.24) is 14.9 Å². The van der Waals surface area contributed by atoms with Gasteiger partial charge in [-0.15, -0.1) is 0 Å². The minimum atomic E-state index is -0.165. The van der Waals surface area contributed by atoms with Crippen molar-refractivity contribution in [2.75, 3.05) is 6.54 Å². The van der Waals surface area contributed by atoms with Crippen LogP contribution in [-0.4, -0.2) is 22.0 Å². The number of benzene rings is 1. The topological polar surface area (TPSA) is 66.9 Å². The van der Waals surface area contributed by atoms with Crippen LogP contribution in [0.2, 0.25) is 5.02 Å². The highest BCUT2D eigenvalue weighted by Crippen LogP contribution is 2.10. The first kappa shape index (κ1) is 16.4. The second kappa shape index (κ2) is 7.31. The van der Waals surface area contributed by atoms with E-state index in [0.29, 0.717) is 18.1 Å². The summed E-state index contributed by atoms with van der Waals surface area (Å²) < 4.78 is 1.59. The molecule has 0 saturated heterocycles. The molecule has 0 aliphatic carbocycles. The highest BCUT2D eigenvalue weighted by molar-refractivity contribution is 6.30. The van der Waals surface area contributed by atoms with Gasteiger partial charge in [0.05, 0.1) is 0 Å². The fraction of sp³-hybridized carbons (Fsp3) is 0.375. The summed E-state index contributed by atoms with van der Waals surface area (Å²) in [7, 11) is 0. The van der Waals surface area contributed by atoms with Crippen molar-refractivity contribution in [3.63, 3.8) is 0 Å². The van der Waals surface area contributed by atoms with Gasteiger partial charge in [0.2, 0.25) is 5.91 Å². The van der Waals surface area contributed by atoms with Crippen LogP contribution in [0.3, 0.4) is 0 Å². The smallest absolute Gasteiger partial charge is 0.325 e. The summed E-state index contributed by atoms with van der Waals surface area (Å²) in [5.41, 5.74) is 2.63. The van der Waals surface area contributed by atoms with Crippen molar-refractivity contribution in [3.8, 4) is 0 Å². The van der Waals surface area contributed by atoms with Gasteiger partial charge < -0.3 is 10.3 Å². The molecule has 6 heteroatoms. The predicted octanol–water partition coefficient (Wildman–Crippen LogP) is 2.20. The van der Waals surface area contributed by atoms with Gasteiger partial charge in [0.15, 0.2) is 0 Å². The summed E-state index contributed by atoms with van der Waals surface area (Å²) in [5, 5.41) is 3.55. The van der Waals surface area contributed by atoms with Gasteiger partial charge in [-0.2, -0.15) is 0 Å². The Morgan fingerprint density at radius 1 is 1.36 bits per heavy atom. The van der Waals surface area contributed by atoms with Crippen LogP contribution in [0.5, 0.6) is 0 Å². The van der Waals surface area contributed by atoms with Gasteiger partial charge in [-0.25, -0.2) is 4.79 Å². The molecule has 2 rings (SSSR count). The number of imidazole rings is 1. The molecule has 0 unspecified atom stereocenters. The van der Waals surface area contributed by atoms with Gasteiger partial charge in [-0.1, -0.05) is 23.7 Å². The van der Waals surface area contributed by atoms with E-state index in [1.54, 1.807) is 4.57 Å². The quantitative estimate of drug-likeness (QED) is 0.856. The van der Waals surface area contributed by atoms with Crippen LogP contribution >= 0.6 is 11.6 Å². The summed E-state index contributed by atoms with van der Waals surface area (Å²) in [4.78, 5) is 26.2. The van der Waals surface area contributed by atoms with Crippen LogP contribution in [-0.2, 0) is 17.8 Å². The van der Waals surface area contributed by atoms with Crippen molar-refractivity contribution >= 4 is 17.5 Å². The molecule has 0 aliphatic rings. The zero-order valence-electron chi connectivity index (χ0n) is 12.8. The lowest BCUT2D eigenvalue weighted by Crippen LogP contribution is -2.28. The Labute approximate surface area is 134 Å². The van der Waals surface area contributed by atoms with Crippen LogP contribution < -0.4 is 11.0 Å². The molecule has 1 amide bonds. The molecule has 118 valence electrons. The number of aromatic nitrogens is 2. The Hall–Kier alpha value is -2.01. The van der Waals surface area contributed by atoms with Crippen molar-refractivity contribution in [3.05, 3.63) is 56.7 Å². The van der Waals surface area contributed by atoms with Gasteiger partial charge >= 0.3 is 5.69 Å².